The van der Waals surface area contributed by atoms with Crippen LogP contribution in [0.25, 0.3) is 0 Å². The number of rotatable bonds is 0. The van der Waals surface area contributed by atoms with Gasteiger partial charge in [0.1, 0.15) is 24.9 Å². The summed E-state index contributed by atoms with van der Waals surface area (Å²) in [4.78, 5) is 0. The van der Waals surface area contributed by atoms with Crippen molar-refractivity contribution in [3.8, 4) is 0 Å². The molecule has 2 saturated carbocycles. The van der Waals surface area contributed by atoms with E-state index in [0.717, 1.165) is 51.4 Å². The summed E-state index contributed by atoms with van der Waals surface area (Å²) in [6.07, 6.45) is 8.95. The third-order valence-corrected chi connectivity index (χ3v) is 6.46. The molecule has 0 radical (unpaired) electrons. The Morgan fingerprint density at radius 1 is 0.750 bits per heavy atom. The standard InChI is InChI=1S/C18H28O6/c19-15-14-13(22-17(23-14)9-5-2-6-10-17)11-20-18(15)12-21-16(24-18)7-3-1-4-8-16/h13-15,19H,1-12H2/t13-,14-,15+,18?/m1/s1. The van der Waals surface area contributed by atoms with Gasteiger partial charge in [0.15, 0.2) is 11.6 Å². The summed E-state index contributed by atoms with van der Waals surface area (Å²) in [6.45, 7) is 0.663. The van der Waals surface area contributed by atoms with E-state index in [1.54, 1.807) is 0 Å². The van der Waals surface area contributed by atoms with Gasteiger partial charge in [-0.3, -0.25) is 0 Å². The van der Waals surface area contributed by atoms with Crippen LogP contribution in [-0.4, -0.2) is 54.0 Å². The predicted octanol–water partition coefficient (Wildman–Crippen LogP) is 2.23. The molecule has 4 atom stereocenters. The molecule has 3 aliphatic heterocycles. The molecule has 5 rings (SSSR count). The van der Waals surface area contributed by atoms with Gasteiger partial charge < -0.3 is 28.8 Å². The number of ether oxygens (including phenoxy) is 5. The van der Waals surface area contributed by atoms with Gasteiger partial charge in [0.2, 0.25) is 5.79 Å². The fraction of sp³-hybridized carbons (Fsp3) is 1.00. The Morgan fingerprint density at radius 2 is 1.42 bits per heavy atom. The molecule has 5 fully saturated rings. The van der Waals surface area contributed by atoms with Crippen molar-refractivity contribution in [3.63, 3.8) is 0 Å². The highest BCUT2D eigenvalue weighted by atomic mass is 16.9. The molecule has 6 nitrogen and oxygen atoms in total. The molecule has 1 unspecified atom stereocenters. The molecule has 136 valence electrons. The van der Waals surface area contributed by atoms with Gasteiger partial charge in [-0.05, 0) is 25.7 Å². The number of aliphatic hydroxyl groups excluding tert-OH is 1. The first kappa shape index (κ1) is 16.0. The Labute approximate surface area is 142 Å². The first-order chi connectivity index (χ1) is 11.6. The van der Waals surface area contributed by atoms with Gasteiger partial charge in [-0.1, -0.05) is 12.8 Å². The van der Waals surface area contributed by atoms with Gasteiger partial charge in [0.05, 0.1) is 6.61 Å². The Hall–Kier alpha value is -0.240. The molecule has 24 heavy (non-hydrogen) atoms. The average Bonchev–Trinajstić information content (AvgIpc) is 3.13. The second kappa shape index (κ2) is 5.63. The van der Waals surface area contributed by atoms with E-state index in [9.17, 15) is 5.11 Å². The van der Waals surface area contributed by atoms with Gasteiger partial charge in [-0.25, -0.2) is 0 Å². The number of aliphatic hydroxyl groups is 1. The Bertz CT molecular complexity index is 472. The van der Waals surface area contributed by atoms with Crippen LogP contribution in [0, 0.1) is 0 Å². The molecule has 3 heterocycles. The van der Waals surface area contributed by atoms with Crippen LogP contribution in [0.2, 0.25) is 0 Å². The van der Waals surface area contributed by atoms with Crippen LogP contribution >= 0.6 is 0 Å². The van der Waals surface area contributed by atoms with Crippen LogP contribution in [0.5, 0.6) is 0 Å². The number of hydrogen-bond donors (Lipinski definition) is 1. The maximum atomic E-state index is 11.0. The zero-order valence-electron chi connectivity index (χ0n) is 14.2. The van der Waals surface area contributed by atoms with Gasteiger partial charge in [0.25, 0.3) is 0 Å². The minimum Gasteiger partial charge on any atom is -0.385 e. The van der Waals surface area contributed by atoms with E-state index in [-0.39, 0.29) is 18.8 Å². The first-order valence-electron chi connectivity index (χ1n) is 9.66. The SMILES string of the molecule is O[C@H]1[C@@H]2OC3(CCCCC3)O[C@@H]2COC12COC1(CCCCC1)O2. The van der Waals surface area contributed by atoms with Crippen LogP contribution in [0.15, 0.2) is 0 Å². The monoisotopic (exact) mass is 340 g/mol. The van der Waals surface area contributed by atoms with Crippen LogP contribution < -0.4 is 0 Å². The van der Waals surface area contributed by atoms with Crippen molar-refractivity contribution in [1.82, 2.24) is 0 Å². The Morgan fingerprint density at radius 3 is 2.12 bits per heavy atom. The summed E-state index contributed by atoms with van der Waals surface area (Å²) in [6, 6.07) is 0. The van der Waals surface area contributed by atoms with E-state index < -0.39 is 23.5 Å². The molecule has 0 amide bonds. The molecule has 2 aliphatic carbocycles. The smallest absolute Gasteiger partial charge is 0.224 e. The average molecular weight is 340 g/mol. The molecule has 0 aromatic heterocycles. The van der Waals surface area contributed by atoms with Crippen molar-refractivity contribution in [3.05, 3.63) is 0 Å². The lowest BCUT2D eigenvalue weighted by Gasteiger charge is -2.42. The van der Waals surface area contributed by atoms with E-state index >= 15 is 0 Å². The summed E-state index contributed by atoms with van der Waals surface area (Å²) in [5.74, 6) is -2.19. The summed E-state index contributed by atoms with van der Waals surface area (Å²) in [5.41, 5.74) is 0. The molecule has 3 saturated heterocycles. The van der Waals surface area contributed by atoms with E-state index in [1.165, 1.54) is 12.8 Å². The minimum atomic E-state index is -1.10. The maximum absolute atomic E-state index is 11.0. The van der Waals surface area contributed by atoms with Crippen LogP contribution in [0.3, 0.4) is 0 Å². The van der Waals surface area contributed by atoms with Crippen LogP contribution in [0.1, 0.15) is 64.2 Å². The fourth-order valence-corrected chi connectivity index (χ4v) is 5.14. The number of hydrogen-bond acceptors (Lipinski definition) is 6. The largest absolute Gasteiger partial charge is 0.385 e. The van der Waals surface area contributed by atoms with Crippen molar-refractivity contribution in [1.29, 1.82) is 0 Å². The van der Waals surface area contributed by atoms with E-state index in [4.69, 9.17) is 23.7 Å². The van der Waals surface area contributed by atoms with Crippen LogP contribution in [0.4, 0.5) is 0 Å². The Kier molecular flexibility index (Phi) is 3.75. The van der Waals surface area contributed by atoms with Crippen molar-refractivity contribution in [2.24, 2.45) is 0 Å². The molecule has 6 heteroatoms. The summed E-state index contributed by atoms with van der Waals surface area (Å²) < 4.78 is 30.8. The number of fused-ring (bicyclic) bond motifs is 1. The summed E-state index contributed by atoms with van der Waals surface area (Å²) >= 11 is 0. The highest BCUT2D eigenvalue weighted by Crippen LogP contribution is 2.50. The zero-order valence-corrected chi connectivity index (χ0v) is 14.2. The lowest BCUT2D eigenvalue weighted by Crippen LogP contribution is -2.62. The van der Waals surface area contributed by atoms with E-state index in [0.29, 0.717) is 6.61 Å². The highest BCUT2D eigenvalue weighted by molar-refractivity contribution is 5.03. The van der Waals surface area contributed by atoms with Crippen molar-refractivity contribution in [2.75, 3.05) is 13.2 Å². The summed E-state index contributed by atoms with van der Waals surface area (Å²) in [7, 11) is 0. The normalized spacial score (nSPS) is 46.6. The quantitative estimate of drug-likeness (QED) is 0.729. The third-order valence-electron chi connectivity index (χ3n) is 6.46. The van der Waals surface area contributed by atoms with Gasteiger partial charge in [-0.2, -0.15) is 0 Å². The predicted molar refractivity (Wildman–Crippen MR) is 83.1 cm³/mol. The summed E-state index contributed by atoms with van der Waals surface area (Å²) in [5, 5.41) is 11.0. The molecule has 3 spiro atoms. The van der Waals surface area contributed by atoms with Gasteiger partial charge >= 0.3 is 0 Å². The Balaban J connectivity index is 1.34. The van der Waals surface area contributed by atoms with Crippen LogP contribution in [-0.2, 0) is 23.7 Å². The first-order valence-corrected chi connectivity index (χ1v) is 9.66. The highest BCUT2D eigenvalue weighted by Gasteiger charge is 2.64. The molecule has 1 N–H and O–H groups in total. The molecular formula is C18H28O6. The molecule has 0 bridgehead atoms. The topological polar surface area (TPSA) is 66.4 Å². The maximum Gasteiger partial charge on any atom is 0.224 e. The van der Waals surface area contributed by atoms with E-state index in [1.807, 2.05) is 0 Å². The second-order valence-electron chi connectivity index (χ2n) is 8.14. The third kappa shape index (κ3) is 2.38. The van der Waals surface area contributed by atoms with E-state index in [2.05, 4.69) is 0 Å². The minimum absolute atomic E-state index is 0.213. The van der Waals surface area contributed by atoms with Gasteiger partial charge in [-0.15, -0.1) is 0 Å². The second-order valence-corrected chi connectivity index (χ2v) is 8.14. The zero-order chi connectivity index (χ0) is 16.3. The van der Waals surface area contributed by atoms with Gasteiger partial charge in [0, 0.05) is 25.7 Å². The molecule has 0 aromatic carbocycles. The molecular weight excluding hydrogens is 312 g/mol. The molecule has 0 aromatic rings. The lowest BCUT2D eigenvalue weighted by atomic mass is 9.93. The molecule has 5 aliphatic rings. The lowest BCUT2D eigenvalue weighted by molar-refractivity contribution is -0.336. The van der Waals surface area contributed by atoms with Crippen molar-refractivity contribution < 1.29 is 28.8 Å². The van der Waals surface area contributed by atoms with Crippen molar-refractivity contribution in [2.45, 2.75) is 99.9 Å². The fourth-order valence-electron chi connectivity index (χ4n) is 5.14. The van der Waals surface area contributed by atoms with Crippen molar-refractivity contribution >= 4 is 0 Å².